The zero-order valence-corrected chi connectivity index (χ0v) is 12.5. The Morgan fingerprint density at radius 1 is 1.04 bits per heavy atom. The first-order valence-corrected chi connectivity index (χ1v) is 7.11. The number of nitro groups is 1. The van der Waals surface area contributed by atoms with Gasteiger partial charge in [-0.2, -0.15) is 0 Å². The molecule has 2 fully saturated rings. The lowest BCUT2D eigenvalue weighted by Crippen LogP contribution is -2.36. The number of benzene rings is 1. The number of hydrogen-bond acceptors (Lipinski definition) is 10. The summed E-state index contributed by atoms with van der Waals surface area (Å²) in [4.78, 5) is 36.6. The molecule has 0 saturated carbocycles. The van der Waals surface area contributed by atoms with Gasteiger partial charge in [0.15, 0.2) is 12.2 Å². The van der Waals surface area contributed by atoms with E-state index in [1.165, 1.54) is 24.3 Å². The molecule has 0 bridgehead atoms. The Bertz CT molecular complexity index is 678. The minimum Gasteiger partial charge on any atom is -0.425 e. The van der Waals surface area contributed by atoms with Crippen LogP contribution in [0.2, 0.25) is 0 Å². The van der Waals surface area contributed by atoms with E-state index in [0.717, 1.165) is 0 Å². The molecule has 2 saturated heterocycles. The van der Waals surface area contributed by atoms with Gasteiger partial charge in [0, 0.05) is 12.1 Å². The maximum absolute atomic E-state index is 11.8. The second-order valence-electron chi connectivity index (χ2n) is 5.22. The molecule has 12 nitrogen and oxygen atoms in total. The standard InChI is InChI=1S/C13H12N2O10/c16-13(23-8-3-1-7(2-4-8)14(17)18)24-9-5-21-12-10(25-15(19)20)6-22-11(9)12/h1-4,9-12H,5-6H2/t9-,10-,11-,12-/m1/s1. The number of nitro benzene ring substituents is 1. The van der Waals surface area contributed by atoms with Crippen molar-refractivity contribution in [3.05, 3.63) is 44.5 Å². The zero-order valence-electron chi connectivity index (χ0n) is 12.5. The number of fused-ring (bicyclic) bond motifs is 1. The van der Waals surface area contributed by atoms with Gasteiger partial charge in [-0.3, -0.25) is 10.1 Å². The van der Waals surface area contributed by atoms with Crippen LogP contribution in [0.5, 0.6) is 5.75 Å². The van der Waals surface area contributed by atoms with Crippen molar-refractivity contribution in [3.63, 3.8) is 0 Å². The maximum atomic E-state index is 11.8. The second-order valence-corrected chi connectivity index (χ2v) is 5.22. The van der Waals surface area contributed by atoms with E-state index in [-0.39, 0.29) is 24.7 Å². The van der Waals surface area contributed by atoms with E-state index in [2.05, 4.69) is 4.84 Å². The molecule has 0 aromatic heterocycles. The molecule has 0 unspecified atom stereocenters. The Hall–Kier alpha value is -2.99. The summed E-state index contributed by atoms with van der Waals surface area (Å²) in [6.45, 7) is -0.0875. The molecule has 0 amide bonds. The van der Waals surface area contributed by atoms with Gasteiger partial charge >= 0.3 is 6.16 Å². The van der Waals surface area contributed by atoms with E-state index in [0.29, 0.717) is 0 Å². The van der Waals surface area contributed by atoms with Crippen LogP contribution in [-0.4, -0.2) is 53.8 Å². The molecular formula is C13H12N2O10. The quantitative estimate of drug-likeness (QED) is 0.321. The molecule has 134 valence electrons. The third kappa shape index (κ3) is 3.75. The van der Waals surface area contributed by atoms with Gasteiger partial charge in [-0.05, 0) is 12.1 Å². The lowest BCUT2D eigenvalue weighted by molar-refractivity contribution is -0.769. The minimum absolute atomic E-state index is 0.0255. The van der Waals surface area contributed by atoms with Gasteiger partial charge in [0.05, 0.1) is 18.1 Å². The van der Waals surface area contributed by atoms with Crippen molar-refractivity contribution in [2.75, 3.05) is 13.2 Å². The first-order valence-electron chi connectivity index (χ1n) is 7.11. The van der Waals surface area contributed by atoms with Gasteiger partial charge < -0.3 is 23.8 Å². The van der Waals surface area contributed by atoms with Crippen LogP contribution in [0.25, 0.3) is 0 Å². The van der Waals surface area contributed by atoms with Crippen molar-refractivity contribution in [2.45, 2.75) is 24.4 Å². The predicted octanol–water partition coefficient (Wildman–Crippen LogP) is 0.853. The van der Waals surface area contributed by atoms with E-state index >= 15 is 0 Å². The van der Waals surface area contributed by atoms with Crippen LogP contribution in [0.3, 0.4) is 0 Å². The largest absolute Gasteiger partial charge is 0.514 e. The number of non-ortho nitro benzene ring substituents is 1. The SMILES string of the molecule is O=C(Oc1ccc([N+](=O)[O-])cc1)O[C@@H]1CO[C@H]2[C@@H]1OC[C@H]2O[N+](=O)[O-]. The molecule has 1 aromatic rings. The Kier molecular flexibility index (Phi) is 4.63. The molecule has 2 heterocycles. The van der Waals surface area contributed by atoms with E-state index in [1.54, 1.807) is 0 Å². The molecule has 0 N–H and O–H groups in total. The molecule has 1 aromatic carbocycles. The molecule has 2 aliphatic rings. The van der Waals surface area contributed by atoms with Crippen LogP contribution in [0.1, 0.15) is 0 Å². The normalized spacial score (nSPS) is 27.4. The average molecular weight is 356 g/mol. The van der Waals surface area contributed by atoms with Crippen LogP contribution < -0.4 is 4.74 Å². The van der Waals surface area contributed by atoms with E-state index in [9.17, 15) is 25.0 Å². The minimum atomic E-state index is -1.05. The fourth-order valence-corrected chi connectivity index (χ4v) is 2.61. The summed E-state index contributed by atoms with van der Waals surface area (Å²) in [7, 11) is 0. The number of rotatable bonds is 5. The summed E-state index contributed by atoms with van der Waals surface area (Å²) < 4.78 is 20.7. The van der Waals surface area contributed by atoms with Gasteiger partial charge in [-0.15, -0.1) is 10.1 Å². The molecule has 2 aliphatic heterocycles. The highest BCUT2D eigenvalue weighted by molar-refractivity contribution is 5.64. The summed E-state index contributed by atoms with van der Waals surface area (Å²) in [5.41, 5.74) is -0.149. The number of hydrogen-bond donors (Lipinski definition) is 0. The molecule has 25 heavy (non-hydrogen) atoms. The summed E-state index contributed by atoms with van der Waals surface area (Å²) in [5, 5.41) is 20.0. The number of carbonyl (C=O) groups excluding carboxylic acids is 1. The fourth-order valence-electron chi connectivity index (χ4n) is 2.61. The predicted molar refractivity (Wildman–Crippen MR) is 75.3 cm³/mol. The maximum Gasteiger partial charge on any atom is 0.514 e. The molecule has 0 aliphatic carbocycles. The summed E-state index contributed by atoms with van der Waals surface area (Å²) in [6.07, 6.45) is -4.17. The van der Waals surface area contributed by atoms with Crippen LogP contribution in [0.4, 0.5) is 10.5 Å². The molecule has 0 radical (unpaired) electrons. The highest BCUT2D eigenvalue weighted by atomic mass is 17.0. The Morgan fingerprint density at radius 3 is 2.24 bits per heavy atom. The molecule has 3 rings (SSSR count). The Labute approximate surface area is 139 Å². The first kappa shape index (κ1) is 16.9. The van der Waals surface area contributed by atoms with Crippen LogP contribution >= 0.6 is 0 Å². The van der Waals surface area contributed by atoms with Crippen molar-refractivity contribution in [1.29, 1.82) is 0 Å². The summed E-state index contributed by atoms with van der Waals surface area (Å²) in [5.74, 6) is 0.0629. The zero-order chi connectivity index (χ0) is 18.0. The average Bonchev–Trinajstić information content (AvgIpc) is 3.11. The second kappa shape index (κ2) is 6.86. The lowest BCUT2D eigenvalue weighted by Gasteiger charge is -2.16. The van der Waals surface area contributed by atoms with Crippen molar-refractivity contribution < 1.29 is 38.6 Å². The molecule has 4 atom stereocenters. The van der Waals surface area contributed by atoms with E-state index < -0.39 is 40.6 Å². The van der Waals surface area contributed by atoms with Gasteiger partial charge in [-0.25, -0.2) is 4.79 Å². The highest BCUT2D eigenvalue weighted by Gasteiger charge is 2.51. The monoisotopic (exact) mass is 356 g/mol. The van der Waals surface area contributed by atoms with E-state index in [4.69, 9.17) is 18.9 Å². The third-order valence-corrected chi connectivity index (χ3v) is 3.68. The van der Waals surface area contributed by atoms with Crippen LogP contribution in [0, 0.1) is 20.2 Å². The van der Waals surface area contributed by atoms with Crippen molar-refractivity contribution in [2.24, 2.45) is 0 Å². The summed E-state index contributed by atoms with van der Waals surface area (Å²) >= 11 is 0. The van der Waals surface area contributed by atoms with Gasteiger partial charge in [0.1, 0.15) is 18.0 Å². The Morgan fingerprint density at radius 2 is 1.64 bits per heavy atom. The topological polar surface area (TPSA) is 150 Å². The fraction of sp³-hybridized carbons (Fsp3) is 0.462. The van der Waals surface area contributed by atoms with Crippen molar-refractivity contribution in [3.8, 4) is 5.75 Å². The summed E-state index contributed by atoms with van der Waals surface area (Å²) in [6, 6.07) is 4.86. The van der Waals surface area contributed by atoms with E-state index in [1.807, 2.05) is 0 Å². The Balaban J connectivity index is 1.53. The lowest BCUT2D eigenvalue weighted by atomic mass is 10.1. The number of carbonyl (C=O) groups is 1. The van der Waals surface area contributed by atoms with Crippen LogP contribution in [-0.2, 0) is 19.0 Å². The van der Waals surface area contributed by atoms with Crippen LogP contribution in [0.15, 0.2) is 24.3 Å². The van der Waals surface area contributed by atoms with Crippen molar-refractivity contribution >= 4 is 11.8 Å². The number of ether oxygens (including phenoxy) is 4. The molecule has 12 heteroatoms. The van der Waals surface area contributed by atoms with Gasteiger partial charge in [-0.1, -0.05) is 0 Å². The molecule has 0 spiro atoms. The van der Waals surface area contributed by atoms with Gasteiger partial charge in [0.25, 0.3) is 10.8 Å². The highest BCUT2D eigenvalue weighted by Crippen LogP contribution is 2.31. The molecular weight excluding hydrogens is 344 g/mol. The van der Waals surface area contributed by atoms with Gasteiger partial charge in [0.2, 0.25) is 0 Å². The number of nitrogens with zero attached hydrogens (tertiary/aromatic N) is 2. The first-order chi connectivity index (χ1) is 11.9. The third-order valence-electron chi connectivity index (χ3n) is 3.68. The smallest absolute Gasteiger partial charge is 0.425 e. The van der Waals surface area contributed by atoms with Crippen molar-refractivity contribution in [1.82, 2.24) is 0 Å².